The van der Waals surface area contributed by atoms with Crippen LogP contribution < -0.4 is 5.32 Å². The van der Waals surface area contributed by atoms with E-state index in [-0.39, 0.29) is 24.0 Å². The molecule has 0 aromatic heterocycles. The van der Waals surface area contributed by atoms with Crippen molar-refractivity contribution in [1.82, 2.24) is 15.1 Å². The van der Waals surface area contributed by atoms with E-state index in [0.717, 1.165) is 19.4 Å². The first-order valence-corrected chi connectivity index (χ1v) is 8.23. The van der Waals surface area contributed by atoms with Crippen LogP contribution in [0.4, 0.5) is 0 Å². The molecule has 22 heavy (non-hydrogen) atoms. The average Bonchev–Trinajstić information content (AvgIpc) is 3.10. The Bertz CT molecular complexity index is 398. The summed E-state index contributed by atoms with van der Waals surface area (Å²) >= 11 is 0. The van der Waals surface area contributed by atoms with Crippen LogP contribution in [0.15, 0.2) is 0 Å². The minimum absolute atomic E-state index is 0.0898. The van der Waals surface area contributed by atoms with Crippen LogP contribution in [0.3, 0.4) is 0 Å². The normalized spacial score (nSPS) is 29.6. The van der Waals surface area contributed by atoms with Crippen LogP contribution in [0.5, 0.6) is 0 Å². The predicted molar refractivity (Wildman–Crippen MR) is 79.4 cm³/mol. The number of nitrogens with zero attached hydrogens (tertiary/aromatic N) is 2. The molecular weight excluding hydrogens is 286 g/mol. The van der Waals surface area contributed by atoms with Gasteiger partial charge in [0.1, 0.15) is 6.10 Å². The van der Waals surface area contributed by atoms with Crippen LogP contribution in [-0.2, 0) is 19.1 Å². The summed E-state index contributed by atoms with van der Waals surface area (Å²) in [6.07, 6.45) is 2.00. The number of rotatable bonds is 3. The van der Waals surface area contributed by atoms with Crippen molar-refractivity contribution in [2.45, 2.75) is 31.4 Å². The average molecular weight is 311 g/mol. The second-order valence-electron chi connectivity index (χ2n) is 6.14. The van der Waals surface area contributed by atoms with Crippen molar-refractivity contribution in [2.75, 3.05) is 52.5 Å². The fraction of sp³-hybridized carbons (Fsp3) is 0.867. The molecule has 124 valence electrons. The van der Waals surface area contributed by atoms with Crippen LogP contribution in [0.2, 0.25) is 0 Å². The molecule has 0 bridgehead atoms. The Morgan fingerprint density at radius 1 is 1.09 bits per heavy atom. The van der Waals surface area contributed by atoms with E-state index in [9.17, 15) is 9.59 Å². The van der Waals surface area contributed by atoms with Gasteiger partial charge in [0.25, 0.3) is 5.91 Å². The van der Waals surface area contributed by atoms with E-state index < -0.39 is 0 Å². The molecule has 2 atom stereocenters. The molecule has 3 rings (SSSR count). The third kappa shape index (κ3) is 3.77. The third-order valence-electron chi connectivity index (χ3n) is 4.57. The van der Waals surface area contributed by atoms with Gasteiger partial charge in [-0.15, -0.1) is 0 Å². The number of hydrogen-bond acceptors (Lipinski definition) is 5. The van der Waals surface area contributed by atoms with E-state index in [4.69, 9.17) is 9.47 Å². The summed E-state index contributed by atoms with van der Waals surface area (Å²) in [6, 6.07) is 0.118. The van der Waals surface area contributed by atoms with Gasteiger partial charge in [-0.2, -0.15) is 0 Å². The van der Waals surface area contributed by atoms with Crippen molar-refractivity contribution >= 4 is 11.8 Å². The molecule has 2 unspecified atom stereocenters. The Labute approximate surface area is 130 Å². The molecule has 3 aliphatic rings. The Morgan fingerprint density at radius 2 is 1.86 bits per heavy atom. The van der Waals surface area contributed by atoms with E-state index in [1.807, 2.05) is 9.80 Å². The Morgan fingerprint density at radius 3 is 2.50 bits per heavy atom. The Balaban J connectivity index is 1.42. The quantitative estimate of drug-likeness (QED) is 0.740. The number of hydrogen-bond donors (Lipinski definition) is 1. The highest BCUT2D eigenvalue weighted by molar-refractivity contribution is 5.82. The number of carbonyl (C=O) groups excluding carboxylic acids is 2. The maximum atomic E-state index is 12.3. The summed E-state index contributed by atoms with van der Waals surface area (Å²) in [5.41, 5.74) is 0. The van der Waals surface area contributed by atoms with Gasteiger partial charge in [0, 0.05) is 51.8 Å². The van der Waals surface area contributed by atoms with Gasteiger partial charge >= 0.3 is 0 Å². The van der Waals surface area contributed by atoms with Crippen LogP contribution in [0, 0.1) is 0 Å². The maximum Gasteiger partial charge on any atom is 0.251 e. The summed E-state index contributed by atoms with van der Waals surface area (Å²) in [7, 11) is 0. The number of amides is 2. The summed E-state index contributed by atoms with van der Waals surface area (Å²) in [5, 5.41) is 3.30. The van der Waals surface area contributed by atoms with Crippen molar-refractivity contribution in [2.24, 2.45) is 0 Å². The summed E-state index contributed by atoms with van der Waals surface area (Å²) < 4.78 is 10.8. The minimum atomic E-state index is -0.258. The second kappa shape index (κ2) is 7.39. The number of piperazine rings is 1. The Kier molecular flexibility index (Phi) is 5.28. The summed E-state index contributed by atoms with van der Waals surface area (Å²) in [6.45, 7) is 5.26. The molecule has 7 nitrogen and oxygen atoms in total. The summed E-state index contributed by atoms with van der Waals surface area (Å²) in [4.78, 5) is 28.3. The lowest BCUT2D eigenvalue weighted by molar-refractivity contribution is -0.146. The Hall–Kier alpha value is -1.18. The van der Waals surface area contributed by atoms with E-state index in [2.05, 4.69) is 5.32 Å². The van der Waals surface area contributed by atoms with Gasteiger partial charge in [-0.3, -0.25) is 9.59 Å². The smallest absolute Gasteiger partial charge is 0.251 e. The van der Waals surface area contributed by atoms with Crippen molar-refractivity contribution < 1.29 is 19.1 Å². The predicted octanol–water partition coefficient (Wildman–Crippen LogP) is -0.785. The fourth-order valence-corrected chi connectivity index (χ4v) is 3.24. The van der Waals surface area contributed by atoms with Crippen LogP contribution >= 0.6 is 0 Å². The zero-order valence-electron chi connectivity index (χ0n) is 13.0. The molecule has 0 aromatic rings. The van der Waals surface area contributed by atoms with Crippen molar-refractivity contribution in [3.8, 4) is 0 Å². The topological polar surface area (TPSA) is 71.1 Å². The molecule has 2 amide bonds. The molecule has 3 heterocycles. The zero-order valence-corrected chi connectivity index (χ0v) is 13.0. The number of ether oxygens (including phenoxy) is 2. The first-order valence-electron chi connectivity index (χ1n) is 8.23. The van der Waals surface area contributed by atoms with Crippen LogP contribution in [-0.4, -0.2) is 86.3 Å². The number of nitrogens with one attached hydrogen (secondary N) is 1. The van der Waals surface area contributed by atoms with Crippen molar-refractivity contribution in [3.63, 3.8) is 0 Å². The molecule has 0 spiro atoms. The first kappa shape index (κ1) is 15.7. The lowest BCUT2D eigenvalue weighted by Gasteiger charge is -2.36. The van der Waals surface area contributed by atoms with Gasteiger partial charge in [0.05, 0.1) is 13.2 Å². The lowest BCUT2D eigenvalue weighted by Crippen LogP contribution is -2.54. The molecule has 1 N–H and O–H groups in total. The molecule has 0 saturated carbocycles. The molecule has 3 saturated heterocycles. The van der Waals surface area contributed by atoms with Crippen LogP contribution in [0.1, 0.15) is 19.3 Å². The molecule has 0 aliphatic carbocycles. The van der Waals surface area contributed by atoms with Gasteiger partial charge in [-0.1, -0.05) is 0 Å². The highest BCUT2D eigenvalue weighted by Gasteiger charge is 2.31. The van der Waals surface area contributed by atoms with Gasteiger partial charge in [-0.25, -0.2) is 0 Å². The van der Waals surface area contributed by atoms with E-state index in [0.29, 0.717) is 52.4 Å². The SMILES string of the molecule is O=C(CC1COCCN1)N1CCN(C(=O)C2CCCO2)CC1. The standard InChI is InChI=1S/C15H25N3O4/c19-14(10-12-11-21-9-3-16-12)17-4-6-18(7-5-17)15(20)13-2-1-8-22-13/h12-13,16H,1-11H2. The number of morpholine rings is 1. The highest BCUT2D eigenvalue weighted by atomic mass is 16.5. The summed E-state index contributed by atoms with van der Waals surface area (Å²) in [5.74, 6) is 0.235. The molecule has 0 radical (unpaired) electrons. The zero-order chi connectivity index (χ0) is 15.4. The van der Waals surface area contributed by atoms with E-state index in [1.165, 1.54) is 0 Å². The number of carbonyl (C=O) groups is 2. The van der Waals surface area contributed by atoms with Crippen molar-refractivity contribution in [1.29, 1.82) is 0 Å². The first-order chi connectivity index (χ1) is 10.7. The van der Waals surface area contributed by atoms with Gasteiger partial charge in [-0.05, 0) is 12.8 Å². The van der Waals surface area contributed by atoms with E-state index >= 15 is 0 Å². The van der Waals surface area contributed by atoms with Gasteiger partial charge in [0.2, 0.25) is 5.91 Å². The second-order valence-corrected chi connectivity index (χ2v) is 6.14. The fourth-order valence-electron chi connectivity index (χ4n) is 3.24. The monoisotopic (exact) mass is 311 g/mol. The minimum Gasteiger partial charge on any atom is -0.378 e. The van der Waals surface area contributed by atoms with Crippen LogP contribution in [0.25, 0.3) is 0 Å². The van der Waals surface area contributed by atoms with E-state index in [1.54, 1.807) is 0 Å². The molecule has 7 heteroatoms. The van der Waals surface area contributed by atoms with Gasteiger partial charge < -0.3 is 24.6 Å². The lowest BCUT2D eigenvalue weighted by atomic mass is 10.1. The maximum absolute atomic E-state index is 12.3. The highest BCUT2D eigenvalue weighted by Crippen LogP contribution is 2.16. The third-order valence-corrected chi connectivity index (χ3v) is 4.57. The molecular formula is C15H25N3O4. The molecule has 3 aliphatic heterocycles. The van der Waals surface area contributed by atoms with Gasteiger partial charge in [0.15, 0.2) is 0 Å². The van der Waals surface area contributed by atoms with Crippen molar-refractivity contribution in [3.05, 3.63) is 0 Å². The molecule has 0 aromatic carbocycles. The molecule has 3 fully saturated rings. The largest absolute Gasteiger partial charge is 0.378 e.